The van der Waals surface area contributed by atoms with Gasteiger partial charge in [0.05, 0.1) is 0 Å². The molecule has 0 nitrogen and oxygen atoms in total. The van der Waals surface area contributed by atoms with E-state index in [1.165, 1.54) is 25.0 Å². The largest absolute Gasteiger partial charge is 0.207 e. The third-order valence-electron chi connectivity index (χ3n) is 1.51. The highest BCUT2D eigenvalue weighted by Crippen LogP contribution is 1.98. The molecule has 0 saturated carbocycles. The predicted molar refractivity (Wildman–Crippen MR) is 51.7 cm³/mol. The van der Waals surface area contributed by atoms with Gasteiger partial charge in [0, 0.05) is 0 Å². The van der Waals surface area contributed by atoms with Crippen molar-refractivity contribution >= 4 is 0 Å². The molecule has 0 saturated heterocycles. The molecule has 1 aromatic carbocycles. The van der Waals surface area contributed by atoms with Gasteiger partial charge in [-0.3, -0.25) is 0 Å². The molecule has 68 valence electrons. The van der Waals surface area contributed by atoms with Crippen LogP contribution in [0.25, 0.3) is 0 Å². The molecule has 0 radical (unpaired) electrons. The molecule has 0 fully saturated rings. The Morgan fingerprint density at radius 3 is 1.67 bits per heavy atom. The second-order valence-electron chi connectivity index (χ2n) is 2.80. The molecule has 1 heteroatoms. The summed E-state index contributed by atoms with van der Waals surface area (Å²) < 4.78 is 12.1. The first kappa shape index (κ1) is 11.2. The Hall–Kier alpha value is -0.850. The molecular formula is C11H17F. The van der Waals surface area contributed by atoms with Gasteiger partial charge in [0.25, 0.3) is 0 Å². The molecule has 0 aliphatic heterocycles. The molecular weight excluding hydrogens is 151 g/mol. The lowest BCUT2D eigenvalue weighted by molar-refractivity contribution is 0.627. The van der Waals surface area contributed by atoms with E-state index in [0.29, 0.717) is 0 Å². The first-order chi connectivity index (χ1) is 5.70. The molecule has 0 unspecified atom stereocenters. The zero-order chi connectivity index (χ0) is 9.40. The Kier molecular flexibility index (Phi) is 6.35. The van der Waals surface area contributed by atoms with Crippen LogP contribution >= 0.6 is 0 Å². The highest BCUT2D eigenvalue weighted by atomic mass is 19.1. The van der Waals surface area contributed by atoms with Gasteiger partial charge in [0.2, 0.25) is 0 Å². The summed E-state index contributed by atoms with van der Waals surface area (Å²) in [6, 6.07) is 6.40. The van der Waals surface area contributed by atoms with Crippen LogP contribution in [0, 0.1) is 12.7 Å². The monoisotopic (exact) mass is 168 g/mol. The fourth-order valence-corrected chi connectivity index (χ4v) is 0.533. The van der Waals surface area contributed by atoms with Crippen LogP contribution in [0.4, 0.5) is 4.39 Å². The molecule has 0 aliphatic carbocycles. The highest BCUT2D eigenvalue weighted by Gasteiger charge is 1.83. The number of hydrogen-bond acceptors (Lipinski definition) is 0. The quantitative estimate of drug-likeness (QED) is 0.595. The minimum atomic E-state index is -0.171. The number of hydrogen-bond donors (Lipinski definition) is 0. The molecule has 1 aromatic rings. The smallest absolute Gasteiger partial charge is 0.123 e. The molecule has 0 amide bonds. The normalized spacial score (nSPS) is 8.67. The van der Waals surface area contributed by atoms with E-state index in [4.69, 9.17) is 0 Å². The number of halogens is 1. The van der Waals surface area contributed by atoms with Crippen LogP contribution < -0.4 is 0 Å². The number of benzene rings is 1. The number of unbranched alkanes of at least 4 members (excludes halogenated alkanes) is 1. The minimum absolute atomic E-state index is 0.171. The summed E-state index contributed by atoms with van der Waals surface area (Å²) in [4.78, 5) is 0. The summed E-state index contributed by atoms with van der Waals surface area (Å²) in [5.74, 6) is -0.171. The Balaban J connectivity index is 0.000000261. The van der Waals surface area contributed by atoms with E-state index in [1.54, 1.807) is 12.1 Å². The van der Waals surface area contributed by atoms with E-state index in [1.807, 2.05) is 6.92 Å². The van der Waals surface area contributed by atoms with Crippen LogP contribution in [0.2, 0.25) is 0 Å². The molecule has 0 heterocycles. The summed E-state index contributed by atoms with van der Waals surface area (Å²) in [7, 11) is 0. The first-order valence-corrected chi connectivity index (χ1v) is 4.42. The SMILES string of the molecule is CCCC.Cc1ccc(F)cc1. The van der Waals surface area contributed by atoms with Crippen molar-refractivity contribution in [2.75, 3.05) is 0 Å². The number of aryl methyl sites for hydroxylation is 1. The maximum absolute atomic E-state index is 12.1. The predicted octanol–water partition coefficient (Wildman–Crippen LogP) is 3.94. The molecule has 0 aromatic heterocycles. The zero-order valence-corrected chi connectivity index (χ0v) is 8.10. The van der Waals surface area contributed by atoms with E-state index >= 15 is 0 Å². The lowest BCUT2D eigenvalue weighted by Crippen LogP contribution is -1.71. The lowest BCUT2D eigenvalue weighted by Gasteiger charge is -1.87. The van der Waals surface area contributed by atoms with Crippen molar-refractivity contribution < 1.29 is 4.39 Å². The van der Waals surface area contributed by atoms with Gasteiger partial charge in [0.15, 0.2) is 0 Å². The Morgan fingerprint density at radius 2 is 1.42 bits per heavy atom. The van der Waals surface area contributed by atoms with Gasteiger partial charge in [-0.05, 0) is 19.1 Å². The molecule has 0 atom stereocenters. The zero-order valence-electron chi connectivity index (χ0n) is 8.10. The maximum atomic E-state index is 12.1. The molecule has 0 bridgehead atoms. The van der Waals surface area contributed by atoms with Gasteiger partial charge in [-0.25, -0.2) is 4.39 Å². The second kappa shape index (κ2) is 6.84. The van der Waals surface area contributed by atoms with Gasteiger partial charge in [-0.2, -0.15) is 0 Å². The van der Waals surface area contributed by atoms with Gasteiger partial charge < -0.3 is 0 Å². The Morgan fingerprint density at radius 1 is 1.00 bits per heavy atom. The summed E-state index contributed by atoms with van der Waals surface area (Å²) in [5, 5.41) is 0. The third-order valence-corrected chi connectivity index (χ3v) is 1.51. The van der Waals surface area contributed by atoms with Crippen LogP contribution in [0.3, 0.4) is 0 Å². The maximum Gasteiger partial charge on any atom is 0.123 e. The average molecular weight is 168 g/mol. The van der Waals surface area contributed by atoms with Crippen molar-refractivity contribution in [1.82, 2.24) is 0 Å². The summed E-state index contributed by atoms with van der Waals surface area (Å²) in [6.07, 6.45) is 2.64. The molecule has 0 spiro atoms. The first-order valence-electron chi connectivity index (χ1n) is 4.42. The summed E-state index contributed by atoms with van der Waals surface area (Å²) in [5.41, 5.74) is 1.09. The lowest BCUT2D eigenvalue weighted by atomic mass is 10.2. The Bertz CT molecular complexity index is 166. The van der Waals surface area contributed by atoms with Crippen molar-refractivity contribution in [2.24, 2.45) is 0 Å². The van der Waals surface area contributed by atoms with E-state index in [-0.39, 0.29) is 5.82 Å². The van der Waals surface area contributed by atoms with Gasteiger partial charge >= 0.3 is 0 Å². The van der Waals surface area contributed by atoms with Crippen LogP contribution in [-0.4, -0.2) is 0 Å². The molecule has 0 aliphatic rings. The fraction of sp³-hybridized carbons (Fsp3) is 0.455. The van der Waals surface area contributed by atoms with Gasteiger partial charge in [-0.15, -0.1) is 0 Å². The van der Waals surface area contributed by atoms with Gasteiger partial charge in [-0.1, -0.05) is 44.4 Å². The standard InChI is InChI=1S/C7H7F.C4H10/c1-6-2-4-7(8)5-3-6;1-3-4-2/h2-5H,1H3;3-4H2,1-2H3. The highest BCUT2D eigenvalue weighted by molar-refractivity contribution is 5.13. The van der Waals surface area contributed by atoms with E-state index in [9.17, 15) is 4.39 Å². The Labute approximate surface area is 74.4 Å². The van der Waals surface area contributed by atoms with Crippen LogP contribution in [0.15, 0.2) is 24.3 Å². The van der Waals surface area contributed by atoms with Crippen molar-refractivity contribution in [1.29, 1.82) is 0 Å². The van der Waals surface area contributed by atoms with E-state index in [0.717, 1.165) is 5.56 Å². The van der Waals surface area contributed by atoms with Crippen LogP contribution in [-0.2, 0) is 0 Å². The molecule has 12 heavy (non-hydrogen) atoms. The summed E-state index contributed by atoms with van der Waals surface area (Å²) >= 11 is 0. The van der Waals surface area contributed by atoms with Crippen molar-refractivity contribution in [3.05, 3.63) is 35.6 Å². The fourth-order valence-electron chi connectivity index (χ4n) is 0.533. The topological polar surface area (TPSA) is 0 Å². The van der Waals surface area contributed by atoms with Crippen LogP contribution in [0.5, 0.6) is 0 Å². The summed E-state index contributed by atoms with van der Waals surface area (Å²) in [6.45, 7) is 6.29. The number of rotatable bonds is 1. The minimum Gasteiger partial charge on any atom is -0.207 e. The molecule has 1 rings (SSSR count). The average Bonchev–Trinajstić information content (AvgIpc) is 2.11. The van der Waals surface area contributed by atoms with Crippen molar-refractivity contribution in [3.63, 3.8) is 0 Å². The van der Waals surface area contributed by atoms with Gasteiger partial charge in [0.1, 0.15) is 5.82 Å². The molecule has 0 N–H and O–H groups in total. The van der Waals surface area contributed by atoms with Crippen LogP contribution in [0.1, 0.15) is 32.3 Å². The van der Waals surface area contributed by atoms with E-state index < -0.39 is 0 Å². The van der Waals surface area contributed by atoms with E-state index in [2.05, 4.69) is 13.8 Å². The third kappa shape index (κ3) is 5.90. The van der Waals surface area contributed by atoms with Crippen molar-refractivity contribution in [2.45, 2.75) is 33.6 Å². The second-order valence-corrected chi connectivity index (χ2v) is 2.80. The van der Waals surface area contributed by atoms with Crippen molar-refractivity contribution in [3.8, 4) is 0 Å².